The summed E-state index contributed by atoms with van der Waals surface area (Å²) in [7, 11) is 0. The number of amides is 1. The largest absolute Gasteiger partial charge is 0.344 e. The van der Waals surface area contributed by atoms with Crippen molar-refractivity contribution < 1.29 is 13.6 Å². The normalized spacial score (nSPS) is 14.2. The Hall–Kier alpha value is -3.06. The third kappa shape index (κ3) is 4.05. The highest BCUT2D eigenvalue weighted by molar-refractivity contribution is 7.13. The first-order valence-corrected chi connectivity index (χ1v) is 10.1. The second-order valence-electron chi connectivity index (χ2n) is 6.87. The number of nitrogens with zero attached hydrogens (tertiary/aromatic N) is 2. The lowest BCUT2D eigenvalue weighted by Gasteiger charge is -2.29. The lowest BCUT2D eigenvalue weighted by molar-refractivity contribution is 0.101. The average Bonchev–Trinajstić information content (AvgIpc) is 3.23. The summed E-state index contributed by atoms with van der Waals surface area (Å²) in [4.78, 5) is 18.9. The molecule has 4 nitrogen and oxygen atoms in total. The number of anilines is 2. The Labute approximate surface area is 171 Å². The summed E-state index contributed by atoms with van der Waals surface area (Å²) in [6, 6.07) is 10.7. The van der Waals surface area contributed by atoms with Crippen LogP contribution in [0, 0.1) is 11.6 Å². The van der Waals surface area contributed by atoms with Crippen molar-refractivity contribution in [1.82, 2.24) is 4.98 Å². The van der Waals surface area contributed by atoms with Crippen molar-refractivity contribution in [3.63, 3.8) is 0 Å². The SMILES string of the molecule is CC1=C(c2ccc(NC(=O)c3c(F)cccc3F)cc2)CCN(c2nccs2)C1. The Morgan fingerprint density at radius 1 is 1.14 bits per heavy atom. The molecular weight excluding hydrogens is 392 g/mol. The van der Waals surface area contributed by atoms with Gasteiger partial charge in [-0.15, -0.1) is 11.3 Å². The molecule has 2 aromatic carbocycles. The van der Waals surface area contributed by atoms with Gasteiger partial charge in [-0.2, -0.15) is 0 Å². The molecule has 1 aliphatic rings. The van der Waals surface area contributed by atoms with Gasteiger partial charge in [0.05, 0.1) is 0 Å². The quantitative estimate of drug-likeness (QED) is 0.629. The fraction of sp³-hybridized carbons (Fsp3) is 0.182. The number of thiazole rings is 1. The van der Waals surface area contributed by atoms with Gasteiger partial charge in [0, 0.05) is 30.4 Å². The molecule has 7 heteroatoms. The van der Waals surface area contributed by atoms with Gasteiger partial charge in [-0.1, -0.05) is 23.8 Å². The predicted octanol–water partition coefficient (Wildman–Crippen LogP) is 5.36. The van der Waals surface area contributed by atoms with Gasteiger partial charge >= 0.3 is 0 Å². The number of nitrogens with one attached hydrogen (secondary N) is 1. The highest BCUT2D eigenvalue weighted by Crippen LogP contribution is 2.31. The summed E-state index contributed by atoms with van der Waals surface area (Å²) in [6.07, 6.45) is 2.71. The topological polar surface area (TPSA) is 45.2 Å². The van der Waals surface area contributed by atoms with E-state index in [2.05, 4.69) is 22.1 Å². The molecule has 2 heterocycles. The first kappa shape index (κ1) is 19.3. The zero-order chi connectivity index (χ0) is 20.4. The lowest BCUT2D eigenvalue weighted by atomic mass is 9.94. The van der Waals surface area contributed by atoms with Crippen LogP contribution in [0.15, 0.2) is 59.6 Å². The molecule has 29 heavy (non-hydrogen) atoms. The Kier molecular flexibility index (Phi) is 5.40. The van der Waals surface area contributed by atoms with E-state index in [1.165, 1.54) is 17.2 Å². The minimum Gasteiger partial charge on any atom is -0.344 e. The van der Waals surface area contributed by atoms with Crippen molar-refractivity contribution in [2.24, 2.45) is 0 Å². The van der Waals surface area contributed by atoms with Crippen LogP contribution in [-0.4, -0.2) is 24.0 Å². The van der Waals surface area contributed by atoms with Crippen LogP contribution in [0.3, 0.4) is 0 Å². The number of aromatic nitrogens is 1. The number of rotatable bonds is 4. The van der Waals surface area contributed by atoms with Crippen LogP contribution >= 0.6 is 11.3 Å². The van der Waals surface area contributed by atoms with Crippen LogP contribution in [0.1, 0.15) is 29.3 Å². The number of hydrogen-bond donors (Lipinski definition) is 1. The van der Waals surface area contributed by atoms with E-state index in [0.29, 0.717) is 5.69 Å². The molecule has 0 bridgehead atoms. The summed E-state index contributed by atoms with van der Waals surface area (Å²) in [5.41, 5.74) is 3.54. The maximum atomic E-state index is 13.8. The third-order valence-corrected chi connectivity index (χ3v) is 5.78. The van der Waals surface area contributed by atoms with Gasteiger partial charge in [0.15, 0.2) is 5.13 Å². The number of hydrogen-bond acceptors (Lipinski definition) is 4. The van der Waals surface area contributed by atoms with E-state index >= 15 is 0 Å². The Balaban J connectivity index is 1.48. The lowest BCUT2D eigenvalue weighted by Crippen LogP contribution is -2.30. The molecule has 0 unspecified atom stereocenters. The minimum absolute atomic E-state index is 0.486. The summed E-state index contributed by atoms with van der Waals surface area (Å²) in [6.45, 7) is 3.84. The molecule has 3 aromatic rings. The van der Waals surface area contributed by atoms with E-state index < -0.39 is 23.1 Å². The first-order chi connectivity index (χ1) is 14.0. The maximum absolute atomic E-state index is 13.8. The average molecular weight is 411 g/mol. The van der Waals surface area contributed by atoms with Crippen LogP contribution in [0.2, 0.25) is 0 Å². The van der Waals surface area contributed by atoms with Gasteiger partial charge in [-0.25, -0.2) is 13.8 Å². The molecule has 1 aromatic heterocycles. The van der Waals surface area contributed by atoms with Crippen molar-refractivity contribution in [1.29, 1.82) is 0 Å². The Morgan fingerprint density at radius 3 is 2.48 bits per heavy atom. The first-order valence-electron chi connectivity index (χ1n) is 9.22. The van der Waals surface area contributed by atoms with Crippen molar-refractivity contribution in [2.75, 3.05) is 23.3 Å². The van der Waals surface area contributed by atoms with Gasteiger partial charge in [-0.05, 0) is 48.7 Å². The van der Waals surface area contributed by atoms with Crippen molar-refractivity contribution in [2.45, 2.75) is 13.3 Å². The monoisotopic (exact) mass is 411 g/mol. The van der Waals surface area contributed by atoms with E-state index in [0.717, 1.165) is 42.3 Å². The van der Waals surface area contributed by atoms with Gasteiger partial charge in [-0.3, -0.25) is 4.79 Å². The van der Waals surface area contributed by atoms with Crippen molar-refractivity contribution >= 4 is 33.6 Å². The van der Waals surface area contributed by atoms with Crippen LogP contribution in [0.5, 0.6) is 0 Å². The molecule has 0 aliphatic carbocycles. The molecule has 1 N–H and O–H groups in total. The maximum Gasteiger partial charge on any atom is 0.261 e. The van der Waals surface area contributed by atoms with Crippen LogP contribution < -0.4 is 10.2 Å². The summed E-state index contributed by atoms with van der Waals surface area (Å²) >= 11 is 1.63. The number of benzene rings is 2. The van der Waals surface area contributed by atoms with E-state index in [1.54, 1.807) is 23.5 Å². The number of carbonyl (C=O) groups is 1. The summed E-state index contributed by atoms with van der Waals surface area (Å²) in [5, 5.41) is 5.56. The standard InChI is InChI=1S/C22H19F2N3OS/c1-14-13-27(22-25-10-12-29-22)11-9-17(14)15-5-7-16(8-6-15)26-21(28)20-18(23)3-2-4-19(20)24/h2-8,10,12H,9,11,13H2,1H3,(H,26,28). The van der Waals surface area contributed by atoms with Gasteiger partial charge < -0.3 is 10.2 Å². The zero-order valence-electron chi connectivity index (χ0n) is 15.8. The Bertz CT molecular complexity index is 1040. The van der Waals surface area contributed by atoms with Crippen LogP contribution in [-0.2, 0) is 0 Å². The number of halogens is 2. The second-order valence-corrected chi connectivity index (χ2v) is 7.75. The van der Waals surface area contributed by atoms with E-state index in [-0.39, 0.29) is 0 Å². The zero-order valence-corrected chi connectivity index (χ0v) is 16.6. The molecule has 0 fully saturated rings. The fourth-order valence-electron chi connectivity index (χ4n) is 3.51. The fourth-order valence-corrected chi connectivity index (χ4v) is 4.18. The van der Waals surface area contributed by atoms with E-state index in [1.807, 2.05) is 23.7 Å². The van der Waals surface area contributed by atoms with Gasteiger partial charge in [0.2, 0.25) is 0 Å². The molecule has 0 spiro atoms. The molecule has 1 amide bonds. The molecule has 148 valence electrons. The minimum atomic E-state index is -0.883. The Morgan fingerprint density at radius 2 is 1.86 bits per heavy atom. The highest BCUT2D eigenvalue weighted by atomic mass is 32.1. The predicted molar refractivity (Wildman–Crippen MR) is 112 cm³/mol. The third-order valence-electron chi connectivity index (χ3n) is 4.95. The smallest absolute Gasteiger partial charge is 0.261 e. The van der Waals surface area contributed by atoms with Crippen LogP contribution in [0.25, 0.3) is 5.57 Å². The van der Waals surface area contributed by atoms with Crippen molar-refractivity contribution in [3.05, 3.63) is 82.4 Å². The summed E-state index contributed by atoms with van der Waals surface area (Å²) < 4.78 is 27.5. The molecular formula is C22H19F2N3OS. The van der Waals surface area contributed by atoms with Crippen LogP contribution in [0.4, 0.5) is 19.6 Å². The number of carbonyl (C=O) groups excluding carboxylic acids is 1. The molecule has 0 atom stereocenters. The molecule has 0 radical (unpaired) electrons. The van der Waals surface area contributed by atoms with E-state index in [9.17, 15) is 13.6 Å². The summed E-state index contributed by atoms with van der Waals surface area (Å²) in [5.74, 6) is -2.57. The van der Waals surface area contributed by atoms with Gasteiger partial charge in [0.25, 0.3) is 5.91 Å². The van der Waals surface area contributed by atoms with E-state index in [4.69, 9.17) is 0 Å². The van der Waals surface area contributed by atoms with Crippen molar-refractivity contribution in [3.8, 4) is 0 Å². The second kappa shape index (κ2) is 8.13. The molecule has 0 saturated carbocycles. The van der Waals surface area contributed by atoms with Gasteiger partial charge in [0.1, 0.15) is 17.2 Å². The molecule has 1 aliphatic heterocycles. The molecule has 0 saturated heterocycles. The highest BCUT2D eigenvalue weighted by Gasteiger charge is 2.20. The molecule has 4 rings (SSSR count).